The van der Waals surface area contributed by atoms with E-state index in [1.54, 1.807) is 12.1 Å². The van der Waals surface area contributed by atoms with Gasteiger partial charge >= 0.3 is 0 Å². The van der Waals surface area contributed by atoms with Crippen molar-refractivity contribution in [1.29, 1.82) is 0 Å². The molecule has 0 nitrogen and oxygen atoms in total. The molecule has 94 valence electrons. The predicted molar refractivity (Wildman–Crippen MR) is 78.2 cm³/mol. The minimum Gasteiger partial charge on any atom is -0.207 e. The maximum Gasteiger partial charge on any atom is 0.129 e. The molecular formula is C14H10BrCl2F. The number of rotatable bonds is 3. The zero-order valence-corrected chi connectivity index (χ0v) is 12.4. The Labute approximate surface area is 124 Å². The SMILES string of the molecule is Fc1cccc(Cl)c1C(Br)Cc1ccccc1Cl. The van der Waals surface area contributed by atoms with Gasteiger partial charge in [0.15, 0.2) is 0 Å². The zero-order chi connectivity index (χ0) is 13.1. The smallest absolute Gasteiger partial charge is 0.129 e. The molecule has 4 heteroatoms. The van der Waals surface area contributed by atoms with Crippen molar-refractivity contribution >= 4 is 39.1 Å². The van der Waals surface area contributed by atoms with Crippen LogP contribution in [0.3, 0.4) is 0 Å². The van der Waals surface area contributed by atoms with Crippen LogP contribution in [0.4, 0.5) is 4.39 Å². The first-order chi connectivity index (χ1) is 8.59. The molecule has 1 unspecified atom stereocenters. The lowest BCUT2D eigenvalue weighted by Gasteiger charge is -2.14. The second-order valence-electron chi connectivity index (χ2n) is 3.90. The minimum absolute atomic E-state index is 0.203. The highest BCUT2D eigenvalue weighted by Crippen LogP contribution is 2.35. The summed E-state index contributed by atoms with van der Waals surface area (Å²) in [6.07, 6.45) is 0.584. The van der Waals surface area contributed by atoms with Crippen LogP contribution in [0, 0.1) is 5.82 Å². The lowest BCUT2D eigenvalue weighted by molar-refractivity contribution is 0.608. The molecule has 1 atom stereocenters. The van der Waals surface area contributed by atoms with Crippen molar-refractivity contribution in [2.75, 3.05) is 0 Å². The summed E-state index contributed by atoms with van der Waals surface area (Å²) in [4.78, 5) is -0.203. The molecule has 0 aliphatic carbocycles. The minimum atomic E-state index is -0.309. The van der Waals surface area contributed by atoms with Gasteiger partial charge in [-0.1, -0.05) is 63.4 Å². The first-order valence-corrected chi connectivity index (χ1v) is 7.08. The third kappa shape index (κ3) is 3.05. The van der Waals surface area contributed by atoms with Crippen LogP contribution in [0.5, 0.6) is 0 Å². The van der Waals surface area contributed by atoms with Gasteiger partial charge in [0, 0.05) is 20.4 Å². The third-order valence-electron chi connectivity index (χ3n) is 2.67. The molecule has 0 spiro atoms. The summed E-state index contributed by atoms with van der Waals surface area (Å²) in [6.45, 7) is 0. The van der Waals surface area contributed by atoms with Gasteiger partial charge in [0.25, 0.3) is 0 Å². The highest BCUT2D eigenvalue weighted by molar-refractivity contribution is 9.09. The van der Waals surface area contributed by atoms with Gasteiger partial charge in [-0.25, -0.2) is 4.39 Å². The Morgan fingerprint density at radius 3 is 2.33 bits per heavy atom. The monoisotopic (exact) mass is 346 g/mol. The molecule has 0 bridgehead atoms. The molecule has 18 heavy (non-hydrogen) atoms. The van der Waals surface area contributed by atoms with Crippen molar-refractivity contribution in [3.63, 3.8) is 0 Å². The van der Waals surface area contributed by atoms with Crippen LogP contribution in [0.25, 0.3) is 0 Å². The van der Waals surface area contributed by atoms with E-state index in [0.29, 0.717) is 22.0 Å². The summed E-state index contributed by atoms with van der Waals surface area (Å²) in [7, 11) is 0. The standard InChI is InChI=1S/C14H10BrCl2F/c15-10(8-9-4-1-2-5-11(9)16)14-12(17)6-3-7-13(14)18/h1-7,10H,8H2. The maximum atomic E-state index is 13.8. The summed E-state index contributed by atoms with van der Waals surface area (Å²) in [5, 5.41) is 1.10. The second kappa shape index (κ2) is 6.05. The molecule has 2 aromatic rings. The first kappa shape index (κ1) is 13.9. The molecule has 2 rings (SSSR count). The van der Waals surface area contributed by atoms with Gasteiger partial charge < -0.3 is 0 Å². The molecule has 0 amide bonds. The van der Waals surface area contributed by atoms with E-state index in [1.807, 2.05) is 24.3 Å². The van der Waals surface area contributed by atoms with Crippen LogP contribution in [0.2, 0.25) is 10.0 Å². The van der Waals surface area contributed by atoms with Gasteiger partial charge in [-0.05, 0) is 30.2 Å². The summed E-state index contributed by atoms with van der Waals surface area (Å²) < 4.78 is 13.8. The zero-order valence-electron chi connectivity index (χ0n) is 9.34. The fourth-order valence-electron chi connectivity index (χ4n) is 1.77. The van der Waals surface area contributed by atoms with Crippen molar-refractivity contribution in [2.24, 2.45) is 0 Å². The van der Waals surface area contributed by atoms with Crippen molar-refractivity contribution < 1.29 is 4.39 Å². The van der Waals surface area contributed by atoms with Crippen LogP contribution >= 0.6 is 39.1 Å². The van der Waals surface area contributed by atoms with Gasteiger partial charge in [0.1, 0.15) is 5.82 Å². The van der Waals surface area contributed by atoms with Gasteiger partial charge in [0.2, 0.25) is 0 Å². The lowest BCUT2D eigenvalue weighted by atomic mass is 10.0. The Bertz CT molecular complexity index is 537. The molecule has 0 radical (unpaired) electrons. The Morgan fingerprint density at radius 1 is 1.00 bits per heavy atom. The van der Waals surface area contributed by atoms with Crippen LogP contribution < -0.4 is 0 Å². The van der Waals surface area contributed by atoms with E-state index < -0.39 is 0 Å². The number of hydrogen-bond acceptors (Lipinski definition) is 0. The van der Waals surface area contributed by atoms with E-state index in [-0.39, 0.29) is 10.6 Å². The molecule has 0 N–H and O–H groups in total. The Balaban J connectivity index is 2.28. The maximum absolute atomic E-state index is 13.8. The Morgan fingerprint density at radius 2 is 1.67 bits per heavy atom. The van der Waals surface area contributed by atoms with Gasteiger partial charge in [-0.2, -0.15) is 0 Å². The lowest BCUT2D eigenvalue weighted by Crippen LogP contribution is -2.00. The molecule has 0 saturated carbocycles. The molecule has 0 aromatic heterocycles. The van der Waals surface area contributed by atoms with Crippen molar-refractivity contribution in [1.82, 2.24) is 0 Å². The van der Waals surface area contributed by atoms with Crippen molar-refractivity contribution in [3.8, 4) is 0 Å². The molecule has 0 aliphatic rings. The number of halogens is 4. The quantitative estimate of drug-likeness (QED) is 0.614. The normalized spacial score (nSPS) is 12.4. The van der Waals surface area contributed by atoms with Crippen molar-refractivity contribution in [3.05, 3.63) is 69.5 Å². The first-order valence-electron chi connectivity index (χ1n) is 5.41. The largest absolute Gasteiger partial charge is 0.207 e. The third-order valence-corrected chi connectivity index (χ3v) is 4.15. The number of benzene rings is 2. The van der Waals surface area contributed by atoms with E-state index in [0.717, 1.165) is 5.56 Å². The highest BCUT2D eigenvalue weighted by Gasteiger charge is 2.17. The van der Waals surface area contributed by atoms with E-state index in [4.69, 9.17) is 23.2 Å². The summed E-state index contributed by atoms with van der Waals surface area (Å²) in [5.74, 6) is -0.309. The highest BCUT2D eigenvalue weighted by atomic mass is 79.9. The fourth-order valence-corrected chi connectivity index (χ4v) is 3.22. The predicted octanol–water partition coefficient (Wildman–Crippen LogP) is 5.81. The molecular weight excluding hydrogens is 338 g/mol. The van der Waals surface area contributed by atoms with Crippen LogP contribution in [0.15, 0.2) is 42.5 Å². The van der Waals surface area contributed by atoms with E-state index in [9.17, 15) is 4.39 Å². The van der Waals surface area contributed by atoms with E-state index in [1.165, 1.54) is 6.07 Å². The van der Waals surface area contributed by atoms with Crippen LogP contribution in [-0.4, -0.2) is 0 Å². The summed E-state index contributed by atoms with van der Waals surface area (Å²) >= 11 is 15.6. The molecule has 0 heterocycles. The molecule has 0 fully saturated rings. The topological polar surface area (TPSA) is 0 Å². The van der Waals surface area contributed by atoms with Gasteiger partial charge in [0.05, 0.1) is 0 Å². The number of alkyl halides is 1. The second-order valence-corrected chi connectivity index (χ2v) is 5.82. The Hall–Kier alpha value is -0.570. The van der Waals surface area contributed by atoms with E-state index in [2.05, 4.69) is 15.9 Å². The van der Waals surface area contributed by atoms with Gasteiger partial charge in [-0.3, -0.25) is 0 Å². The number of hydrogen-bond donors (Lipinski definition) is 0. The molecule has 2 aromatic carbocycles. The molecule has 0 aliphatic heterocycles. The summed E-state index contributed by atoms with van der Waals surface area (Å²) in [5.41, 5.74) is 1.43. The van der Waals surface area contributed by atoms with Gasteiger partial charge in [-0.15, -0.1) is 0 Å². The van der Waals surface area contributed by atoms with Crippen LogP contribution in [-0.2, 0) is 6.42 Å². The fraction of sp³-hybridized carbons (Fsp3) is 0.143. The van der Waals surface area contributed by atoms with E-state index >= 15 is 0 Å². The van der Waals surface area contributed by atoms with Crippen LogP contribution in [0.1, 0.15) is 16.0 Å². The average Bonchev–Trinajstić information content (AvgIpc) is 2.32. The summed E-state index contributed by atoms with van der Waals surface area (Å²) in [6, 6.07) is 12.2. The van der Waals surface area contributed by atoms with Crippen molar-refractivity contribution in [2.45, 2.75) is 11.2 Å². The Kier molecular flexibility index (Phi) is 4.66. The average molecular weight is 348 g/mol. The molecule has 0 saturated heterocycles.